The normalized spacial score (nSPS) is 11.5. The van der Waals surface area contributed by atoms with Crippen molar-refractivity contribution in [1.82, 2.24) is 9.62 Å². The summed E-state index contributed by atoms with van der Waals surface area (Å²) in [7, 11) is -1.000. The molecule has 1 aromatic rings. The number of sulfonamides is 1. The predicted octanol–water partition coefficient (Wildman–Crippen LogP) is 1.51. The van der Waals surface area contributed by atoms with Crippen molar-refractivity contribution < 1.29 is 22.7 Å². The van der Waals surface area contributed by atoms with E-state index in [4.69, 9.17) is 21.1 Å². The largest absolute Gasteiger partial charge is 0.492 e. The van der Waals surface area contributed by atoms with Gasteiger partial charge in [-0.2, -0.15) is 4.31 Å². The number of carbonyl (C=O) groups is 1. The maximum atomic E-state index is 12.7. The highest BCUT2D eigenvalue weighted by molar-refractivity contribution is 7.89. The molecule has 24 heavy (non-hydrogen) atoms. The maximum absolute atomic E-state index is 12.7. The summed E-state index contributed by atoms with van der Waals surface area (Å²) in [4.78, 5) is 11.8. The molecule has 0 aromatic heterocycles. The molecule has 0 atom stereocenters. The first-order valence-electron chi connectivity index (χ1n) is 7.47. The second-order valence-corrected chi connectivity index (χ2v) is 7.43. The molecule has 136 valence electrons. The Morgan fingerprint density at radius 2 is 2.08 bits per heavy atom. The molecule has 1 amide bonds. The lowest BCUT2D eigenvalue weighted by Crippen LogP contribution is -2.38. The average molecular weight is 379 g/mol. The van der Waals surface area contributed by atoms with Crippen molar-refractivity contribution in [2.45, 2.75) is 18.2 Å². The minimum absolute atomic E-state index is 0.0634. The number of amides is 1. The number of carbonyl (C=O) groups excluding carboxylic acids is 1. The molecule has 0 fully saturated rings. The lowest BCUT2D eigenvalue weighted by molar-refractivity contribution is -0.121. The van der Waals surface area contributed by atoms with Crippen LogP contribution in [0.15, 0.2) is 23.1 Å². The number of nitrogens with one attached hydrogen (secondary N) is 1. The summed E-state index contributed by atoms with van der Waals surface area (Å²) in [5, 5.41) is 2.91. The van der Waals surface area contributed by atoms with Crippen molar-refractivity contribution in [1.29, 1.82) is 0 Å². The van der Waals surface area contributed by atoms with Crippen LogP contribution in [0.5, 0.6) is 5.75 Å². The molecule has 0 aliphatic rings. The fourth-order valence-electron chi connectivity index (χ4n) is 1.91. The van der Waals surface area contributed by atoms with Crippen LogP contribution in [0, 0.1) is 0 Å². The topological polar surface area (TPSA) is 84.9 Å². The third-order valence-corrected chi connectivity index (χ3v) is 5.17. The molecule has 1 aromatic carbocycles. The standard InChI is InChI=1S/C15H23ClN2O5S/c1-4-23-13-7-6-12(16)10-14(13)24(20,21)18(2)11-15(19)17-8-5-9-22-3/h6-7,10H,4-5,8-9,11H2,1-3H3,(H,17,19). The fourth-order valence-corrected chi connectivity index (χ4v) is 3.43. The van der Waals surface area contributed by atoms with Gasteiger partial charge in [0.25, 0.3) is 0 Å². The van der Waals surface area contributed by atoms with Crippen LogP contribution in [0.3, 0.4) is 0 Å². The van der Waals surface area contributed by atoms with Gasteiger partial charge in [-0.15, -0.1) is 0 Å². The minimum atomic E-state index is -3.91. The van der Waals surface area contributed by atoms with Crippen molar-refractivity contribution in [3.8, 4) is 5.75 Å². The van der Waals surface area contributed by atoms with Crippen molar-refractivity contribution in [3.63, 3.8) is 0 Å². The van der Waals surface area contributed by atoms with Gasteiger partial charge in [0.05, 0.1) is 13.2 Å². The van der Waals surface area contributed by atoms with Crippen LogP contribution in [0.4, 0.5) is 0 Å². The summed E-state index contributed by atoms with van der Waals surface area (Å²) in [6.07, 6.45) is 0.654. The third-order valence-electron chi connectivity index (χ3n) is 3.11. The lowest BCUT2D eigenvalue weighted by atomic mass is 10.3. The number of benzene rings is 1. The molecular formula is C15H23ClN2O5S. The molecule has 7 nitrogen and oxygen atoms in total. The van der Waals surface area contributed by atoms with E-state index in [1.165, 1.54) is 19.2 Å². The highest BCUT2D eigenvalue weighted by Gasteiger charge is 2.26. The molecule has 0 aliphatic heterocycles. The van der Waals surface area contributed by atoms with Gasteiger partial charge in [0, 0.05) is 32.3 Å². The number of nitrogens with zero attached hydrogens (tertiary/aromatic N) is 1. The number of hydrogen-bond acceptors (Lipinski definition) is 5. The number of likely N-dealkylation sites (N-methyl/N-ethyl adjacent to an activating group) is 1. The quantitative estimate of drug-likeness (QED) is 0.624. The molecule has 0 saturated carbocycles. The molecule has 0 unspecified atom stereocenters. The SMILES string of the molecule is CCOc1ccc(Cl)cc1S(=O)(=O)N(C)CC(=O)NCCCOC. The third kappa shape index (κ3) is 5.94. The Morgan fingerprint density at radius 1 is 1.38 bits per heavy atom. The van der Waals surface area contributed by atoms with Crippen molar-refractivity contribution >= 4 is 27.5 Å². The molecule has 0 heterocycles. The molecule has 0 saturated heterocycles. The number of halogens is 1. The lowest BCUT2D eigenvalue weighted by Gasteiger charge is -2.19. The maximum Gasteiger partial charge on any atom is 0.247 e. The van der Waals surface area contributed by atoms with Gasteiger partial charge >= 0.3 is 0 Å². The first kappa shape index (κ1) is 20.7. The highest BCUT2D eigenvalue weighted by Crippen LogP contribution is 2.29. The van der Waals surface area contributed by atoms with E-state index in [2.05, 4.69) is 5.32 Å². The summed E-state index contributed by atoms with van der Waals surface area (Å²) in [6.45, 7) is 2.71. The number of ether oxygens (including phenoxy) is 2. The van der Waals surface area contributed by atoms with Crippen molar-refractivity contribution in [2.24, 2.45) is 0 Å². The molecule has 0 aliphatic carbocycles. The summed E-state index contributed by atoms with van der Waals surface area (Å²) >= 11 is 5.90. The second kappa shape index (κ2) is 9.83. The summed E-state index contributed by atoms with van der Waals surface area (Å²) in [5.41, 5.74) is 0. The van der Waals surface area contributed by atoms with Gasteiger partial charge < -0.3 is 14.8 Å². The van der Waals surface area contributed by atoms with E-state index in [1.54, 1.807) is 20.1 Å². The zero-order chi connectivity index (χ0) is 18.2. The van der Waals surface area contributed by atoms with E-state index in [1.807, 2.05) is 0 Å². The molecular weight excluding hydrogens is 356 g/mol. The van der Waals surface area contributed by atoms with Crippen LogP contribution in [-0.2, 0) is 19.6 Å². The van der Waals surface area contributed by atoms with E-state index >= 15 is 0 Å². The monoisotopic (exact) mass is 378 g/mol. The van der Waals surface area contributed by atoms with Gasteiger partial charge in [-0.1, -0.05) is 11.6 Å². The summed E-state index contributed by atoms with van der Waals surface area (Å²) in [6, 6.07) is 4.36. The number of hydrogen-bond donors (Lipinski definition) is 1. The van der Waals surface area contributed by atoms with Crippen LogP contribution < -0.4 is 10.1 Å². The fraction of sp³-hybridized carbons (Fsp3) is 0.533. The summed E-state index contributed by atoms with van der Waals surface area (Å²) in [5.74, 6) is -0.189. The van der Waals surface area contributed by atoms with Crippen molar-refractivity contribution in [2.75, 3.05) is 40.5 Å². The van der Waals surface area contributed by atoms with E-state index in [9.17, 15) is 13.2 Å². The van der Waals surface area contributed by atoms with Gasteiger partial charge in [0.1, 0.15) is 10.6 Å². The van der Waals surface area contributed by atoms with Crippen LogP contribution >= 0.6 is 11.6 Å². The van der Waals surface area contributed by atoms with Gasteiger partial charge in [0.15, 0.2) is 0 Å². The van der Waals surface area contributed by atoms with E-state index in [-0.39, 0.29) is 22.2 Å². The first-order valence-corrected chi connectivity index (χ1v) is 9.29. The number of rotatable bonds is 10. The molecule has 0 bridgehead atoms. The zero-order valence-corrected chi connectivity index (χ0v) is 15.6. The molecule has 0 spiro atoms. The number of methoxy groups -OCH3 is 1. The molecule has 0 radical (unpaired) electrons. The van der Waals surface area contributed by atoms with E-state index < -0.39 is 15.9 Å². The molecule has 1 rings (SSSR count). The van der Waals surface area contributed by atoms with Gasteiger partial charge in [-0.3, -0.25) is 4.79 Å². The van der Waals surface area contributed by atoms with Crippen molar-refractivity contribution in [3.05, 3.63) is 23.2 Å². The minimum Gasteiger partial charge on any atom is -0.492 e. The van der Waals surface area contributed by atoms with Crippen LogP contribution in [0.1, 0.15) is 13.3 Å². The van der Waals surface area contributed by atoms with Gasteiger partial charge in [0.2, 0.25) is 15.9 Å². The Balaban J connectivity index is 2.84. The molecule has 1 N–H and O–H groups in total. The highest BCUT2D eigenvalue weighted by atomic mass is 35.5. The average Bonchev–Trinajstić information content (AvgIpc) is 2.53. The van der Waals surface area contributed by atoms with Crippen LogP contribution in [0.25, 0.3) is 0 Å². The zero-order valence-electron chi connectivity index (χ0n) is 14.0. The van der Waals surface area contributed by atoms with Crippen LogP contribution in [0.2, 0.25) is 5.02 Å². The van der Waals surface area contributed by atoms with E-state index in [0.717, 1.165) is 4.31 Å². The Bertz CT molecular complexity index is 651. The first-order chi connectivity index (χ1) is 11.3. The Morgan fingerprint density at radius 3 is 2.71 bits per heavy atom. The second-order valence-electron chi connectivity index (χ2n) is 4.98. The Kier molecular flexibility index (Phi) is 8.47. The van der Waals surface area contributed by atoms with Gasteiger partial charge in [-0.05, 0) is 31.5 Å². The van der Waals surface area contributed by atoms with Gasteiger partial charge in [-0.25, -0.2) is 8.42 Å². The van der Waals surface area contributed by atoms with E-state index in [0.29, 0.717) is 26.2 Å². The molecule has 9 heteroatoms. The summed E-state index contributed by atoms with van der Waals surface area (Å²) < 4.78 is 36.5. The smallest absolute Gasteiger partial charge is 0.247 e. The predicted molar refractivity (Wildman–Crippen MR) is 91.9 cm³/mol. The Labute approximate surface area is 147 Å². The Hall–Kier alpha value is -1.35. The van der Waals surface area contributed by atoms with Crippen LogP contribution in [-0.4, -0.2) is 59.1 Å².